The standard InChI is InChI=1S/C13H26ClNO2S/c1-13(2,3)11-18(16,17)15(10-9-14)12-7-5-4-6-8-12/h12H,4-11H2,1-3H3. The van der Waals surface area contributed by atoms with Crippen LogP contribution in [0.5, 0.6) is 0 Å². The second-order valence-corrected chi connectivity index (χ2v) is 8.71. The lowest BCUT2D eigenvalue weighted by Gasteiger charge is -2.34. The van der Waals surface area contributed by atoms with E-state index in [4.69, 9.17) is 11.6 Å². The molecule has 108 valence electrons. The minimum absolute atomic E-state index is 0.171. The first-order valence-electron chi connectivity index (χ1n) is 6.82. The van der Waals surface area contributed by atoms with Crippen molar-refractivity contribution in [3.05, 3.63) is 0 Å². The highest BCUT2D eigenvalue weighted by molar-refractivity contribution is 7.89. The largest absolute Gasteiger partial charge is 0.214 e. The van der Waals surface area contributed by atoms with E-state index in [0.29, 0.717) is 12.4 Å². The normalized spacial score (nSPS) is 19.4. The Kier molecular flexibility index (Phi) is 5.94. The van der Waals surface area contributed by atoms with Crippen molar-refractivity contribution in [2.24, 2.45) is 5.41 Å². The Bertz CT molecular complexity index is 342. The SMILES string of the molecule is CC(C)(C)CS(=O)(=O)N(CCCl)C1CCCCC1. The van der Waals surface area contributed by atoms with Gasteiger partial charge in [0.1, 0.15) is 0 Å². The van der Waals surface area contributed by atoms with E-state index in [0.717, 1.165) is 25.7 Å². The molecule has 0 aliphatic heterocycles. The van der Waals surface area contributed by atoms with E-state index in [9.17, 15) is 8.42 Å². The maximum Gasteiger partial charge on any atom is 0.214 e. The van der Waals surface area contributed by atoms with Crippen LogP contribution in [0.15, 0.2) is 0 Å². The van der Waals surface area contributed by atoms with E-state index in [1.807, 2.05) is 20.8 Å². The van der Waals surface area contributed by atoms with Crippen molar-refractivity contribution in [3.63, 3.8) is 0 Å². The molecule has 3 nitrogen and oxygen atoms in total. The van der Waals surface area contributed by atoms with Crippen LogP contribution in [0.3, 0.4) is 0 Å². The Hall–Kier alpha value is 0.200. The van der Waals surface area contributed by atoms with E-state index in [1.165, 1.54) is 6.42 Å². The Morgan fingerprint density at radius 2 is 1.72 bits per heavy atom. The van der Waals surface area contributed by atoms with Gasteiger partial charge in [-0.2, -0.15) is 4.31 Å². The van der Waals surface area contributed by atoms with Crippen LogP contribution in [-0.4, -0.2) is 36.9 Å². The summed E-state index contributed by atoms with van der Waals surface area (Å²) >= 11 is 5.79. The lowest BCUT2D eigenvalue weighted by molar-refractivity contribution is 0.259. The number of hydrogen-bond donors (Lipinski definition) is 0. The van der Waals surface area contributed by atoms with E-state index in [-0.39, 0.29) is 17.2 Å². The predicted molar refractivity (Wildman–Crippen MR) is 77.5 cm³/mol. The molecule has 0 N–H and O–H groups in total. The molecule has 0 unspecified atom stereocenters. The summed E-state index contributed by atoms with van der Waals surface area (Å²) in [6.07, 6.45) is 5.47. The summed E-state index contributed by atoms with van der Waals surface area (Å²) < 4.78 is 26.7. The average Bonchev–Trinajstić information content (AvgIpc) is 2.23. The number of sulfonamides is 1. The van der Waals surface area contributed by atoms with Crippen LogP contribution >= 0.6 is 11.6 Å². The van der Waals surface area contributed by atoms with Crippen molar-refractivity contribution >= 4 is 21.6 Å². The van der Waals surface area contributed by atoms with Crippen molar-refractivity contribution in [1.29, 1.82) is 0 Å². The van der Waals surface area contributed by atoms with Gasteiger partial charge in [0.05, 0.1) is 5.75 Å². The highest BCUT2D eigenvalue weighted by Crippen LogP contribution is 2.27. The number of alkyl halides is 1. The lowest BCUT2D eigenvalue weighted by Crippen LogP contribution is -2.45. The van der Waals surface area contributed by atoms with Crippen molar-refractivity contribution in [1.82, 2.24) is 4.31 Å². The molecule has 1 fully saturated rings. The van der Waals surface area contributed by atoms with Gasteiger partial charge in [-0.3, -0.25) is 0 Å². The number of nitrogens with zero attached hydrogens (tertiary/aromatic N) is 1. The second-order valence-electron chi connectivity index (χ2n) is 6.41. The van der Waals surface area contributed by atoms with Gasteiger partial charge in [0.25, 0.3) is 0 Å². The molecule has 1 aliphatic carbocycles. The molecule has 1 rings (SSSR count). The van der Waals surface area contributed by atoms with Crippen molar-refractivity contribution < 1.29 is 8.42 Å². The van der Waals surface area contributed by atoms with E-state index in [2.05, 4.69) is 0 Å². The van der Waals surface area contributed by atoms with Crippen LogP contribution in [0.2, 0.25) is 0 Å². The third-order valence-electron chi connectivity index (χ3n) is 3.26. The van der Waals surface area contributed by atoms with Crippen LogP contribution < -0.4 is 0 Å². The van der Waals surface area contributed by atoms with Crippen LogP contribution in [0, 0.1) is 5.41 Å². The Labute approximate surface area is 117 Å². The molecule has 0 saturated heterocycles. The highest BCUT2D eigenvalue weighted by Gasteiger charge is 2.33. The summed E-state index contributed by atoms with van der Waals surface area (Å²) in [5.74, 6) is 0.577. The number of rotatable bonds is 5. The second kappa shape index (κ2) is 6.58. The van der Waals surface area contributed by atoms with Crippen LogP contribution in [0.4, 0.5) is 0 Å². The first kappa shape index (κ1) is 16.3. The molecule has 0 aromatic rings. The van der Waals surface area contributed by atoms with Crippen LogP contribution in [0.1, 0.15) is 52.9 Å². The molecular weight excluding hydrogens is 270 g/mol. The third-order valence-corrected chi connectivity index (χ3v) is 5.85. The summed E-state index contributed by atoms with van der Waals surface area (Å²) in [5, 5.41) is 0. The number of halogens is 1. The van der Waals surface area contributed by atoms with Gasteiger partial charge >= 0.3 is 0 Å². The number of hydrogen-bond acceptors (Lipinski definition) is 2. The average molecular weight is 296 g/mol. The van der Waals surface area contributed by atoms with E-state index < -0.39 is 10.0 Å². The molecule has 1 saturated carbocycles. The maximum absolute atomic E-state index is 12.5. The van der Waals surface area contributed by atoms with Gasteiger partial charge < -0.3 is 0 Å². The van der Waals surface area contributed by atoms with Gasteiger partial charge in [-0.25, -0.2) is 8.42 Å². The molecule has 5 heteroatoms. The van der Waals surface area contributed by atoms with Gasteiger partial charge in [0.2, 0.25) is 10.0 Å². The molecule has 0 aromatic carbocycles. The minimum Gasteiger partial charge on any atom is -0.212 e. The Balaban J connectivity index is 2.82. The lowest BCUT2D eigenvalue weighted by atomic mass is 9.95. The fourth-order valence-electron chi connectivity index (χ4n) is 2.63. The van der Waals surface area contributed by atoms with E-state index in [1.54, 1.807) is 4.31 Å². The van der Waals surface area contributed by atoms with Crippen molar-refractivity contribution in [2.45, 2.75) is 58.9 Å². The molecule has 0 heterocycles. The maximum atomic E-state index is 12.5. The van der Waals surface area contributed by atoms with Crippen LogP contribution in [0.25, 0.3) is 0 Å². The van der Waals surface area contributed by atoms with Crippen molar-refractivity contribution in [3.8, 4) is 0 Å². The highest BCUT2D eigenvalue weighted by atomic mass is 35.5. The summed E-state index contributed by atoms with van der Waals surface area (Å²) in [6, 6.07) is 0.171. The Morgan fingerprint density at radius 1 is 1.17 bits per heavy atom. The first-order chi connectivity index (χ1) is 8.26. The first-order valence-corrected chi connectivity index (χ1v) is 8.96. The zero-order valence-corrected chi connectivity index (χ0v) is 13.4. The molecule has 18 heavy (non-hydrogen) atoms. The molecule has 0 radical (unpaired) electrons. The molecular formula is C13H26ClNO2S. The van der Waals surface area contributed by atoms with Crippen molar-refractivity contribution in [2.75, 3.05) is 18.2 Å². The summed E-state index contributed by atoms with van der Waals surface area (Å²) in [7, 11) is -3.19. The summed E-state index contributed by atoms with van der Waals surface area (Å²) in [5.41, 5.74) is -0.210. The van der Waals surface area contributed by atoms with Gasteiger partial charge in [0, 0.05) is 18.5 Å². The monoisotopic (exact) mass is 295 g/mol. The molecule has 0 aromatic heterocycles. The minimum atomic E-state index is -3.19. The Morgan fingerprint density at radius 3 is 2.17 bits per heavy atom. The van der Waals surface area contributed by atoms with Crippen LogP contribution in [-0.2, 0) is 10.0 Å². The zero-order chi connectivity index (χ0) is 13.8. The molecule has 0 bridgehead atoms. The van der Waals surface area contributed by atoms with Gasteiger partial charge in [-0.1, -0.05) is 40.0 Å². The van der Waals surface area contributed by atoms with Gasteiger partial charge in [-0.15, -0.1) is 11.6 Å². The molecule has 0 atom stereocenters. The zero-order valence-electron chi connectivity index (χ0n) is 11.8. The van der Waals surface area contributed by atoms with Gasteiger partial charge in [-0.05, 0) is 18.3 Å². The quantitative estimate of drug-likeness (QED) is 0.730. The topological polar surface area (TPSA) is 37.4 Å². The summed E-state index contributed by atoms with van der Waals surface area (Å²) in [6.45, 7) is 6.34. The molecule has 1 aliphatic rings. The fraction of sp³-hybridized carbons (Fsp3) is 1.00. The van der Waals surface area contributed by atoms with Gasteiger partial charge in [0.15, 0.2) is 0 Å². The van der Waals surface area contributed by atoms with E-state index >= 15 is 0 Å². The predicted octanol–water partition coefficient (Wildman–Crippen LogP) is 3.24. The fourth-order valence-corrected chi connectivity index (χ4v) is 5.21. The third kappa shape index (κ3) is 5.06. The molecule has 0 spiro atoms. The summed E-state index contributed by atoms with van der Waals surface area (Å²) in [4.78, 5) is 0. The molecule has 0 amide bonds. The smallest absolute Gasteiger partial charge is 0.212 e.